The molecule has 0 bridgehead atoms. The van der Waals surface area contributed by atoms with Crippen LogP contribution in [-0.4, -0.2) is 38.7 Å². The Morgan fingerprint density at radius 3 is 2.51 bits per heavy atom. The van der Waals surface area contributed by atoms with Crippen molar-refractivity contribution in [1.82, 2.24) is 14.5 Å². The minimum absolute atomic E-state index is 0.0375. The monoisotopic (exact) mass is 594 g/mol. The molecule has 1 aliphatic heterocycles. The molecule has 1 saturated heterocycles. The van der Waals surface area contributed by atoms with Gasteiger partial charge in [0.25, 0.3) is 0 Å². The zero-order chi connectivity index (χ0) is 30.1. The van der Waals surface area contributed by atoms with Gasteiger partial charge in [0.2, 0.25) is 0 Å². The predicted octanol–water partition coefficient (Wildman–Crippen LogP) is 8.08. The molecule has 43 heavy (non-hydrogen) atoms. The van der Waals surface area contributed by atoms with E-state index in [-0.39, 0.29) is 34.1 Å². The van der Waals surface area contributed by atoms with E-state index in [1.165, 1.54) is 29.0 Å². The molecule has 3 aromatic heterocycles. The summed E-state index contributed by atoms with van der Waals surface area (Å²) in [5, 5.41) is 13.6. The standard InChI is InChI=1S/C32H30F4N4O3/c1-18(33)29-37-27(30(41)42)25-9-8-21(17-40(25)29)39-12-10-31(11-13-39)15-19(16-31)14-23-26(38-43-28(23)20-6-7-20)22-4-2-3-5-24(22)32(34,35)36/h2-5,8-9,14,17-18,20H,6-7,10-13,15-16H2,1H3,(H,41,42). The molecule has 2 saturated carbocycles. The van der Waals surface area contributed by atoms with Crippen molar-refractivity contribution in [2.45, 2.75) is 63.7 Å². The molecular weight excluding hydrogens is 564 g/mol. The third kappa shape index (κ3) is 4.88. The molecule has 7 nitrogen and oxygen atoms in total. The van der Waals surface area contributed by atoms with Crippen LogP contribution in [0.15, 0.2) is 52.7 Å². The molecule has 3 aliphatic rings. The fourth-order valence-electron chi connectivity index (χ4n) is 6.75. The van der Waals surface area contributed by atoms with E-state index in [0.717, 1.165) is 63.4 Å². The molecule has 4 aromatic rings. The van der Waals surface area contributed by atoms with E-state index >= 15 is 0 Å². The number of carboxylic acids is 1. The zero-order valence-electron chi connectivity index (χ0n) is 23.5. The number of hydrogen-bond acceptors (Lipinski definition) is 5. The van der Waals surface area contributed by atoms with Gasteiger partial charge in [-0.3, -0.25) is 4.40 Å². The number of aromatic nitrogens is 3. The number of imidazole rings is 1. The van der Waals surface area contributed by atoms with Crippen molar-refractivity contribution in [1.29, 1.82) is 0 Å². The Kier molecular flexibility index (Phi) is 6.41. The smallest absolute Gasteiger partial charge is 0.417 e. The molecule has 0 amide bonds. The van der Waals surface area contributed by atoms with Gasteiger partial charge in [0.1, 0.15) is 17.3 Å². The Morgan fingerprint density at radius 1 is 1.14 bits per heavy atom. The van der Waals surface area contributed by atoms with Gasteiger partial charge in [0.05, 0.1) is 16.8 Å². The van der Waals surface area contributed by atoms with Crippen LogP contribution in [-0.2, 0) is 6.18 Å². The summed E-state index contributed by atoms with van der Waals surface area (Å²) in [6.07, 6.45) is 3.33. The van der Waals surface area contributed by atoms with E-state index in [4.69, 9.17) is 4.52 Å². The number of nitrogens with zero attached hydrogens (tertiary/aromatic N) is 4. The maximum atomic E-state index is 14.3. The Labute approximate surface area is 244 Å². The molecule has 3 fully saturated rings. The Morgan fingerprint density at radius 2 is 1.86 bits per heavy atom. The largest absolute Gasteiger partial charge is 0.476 e. The summed E-state index contributed by atoms with van der Waals surface area (Å²) in [6, 6.07) is 9.04. The molecule has 1 aromatic carbocycles. The lowest BCUT2D eigenvalue weighted by atomic mass is 9.60. The minimum atomic E-state index is -4.50. The number of piperidine rings is 1. The van der Waals surface area contributed by atoms with Crippen molar-refractivity contribution in [3.8, 4) is 11.3 Å². The van der Waals surface area contributed by atoms with E-state index in [1.807, 2.05) is 12.1 Å². The summed E-state index contributed by atoms with van der Waals surface area (Å²) in [5.74, 6) is -0.257. The lowest BCUT2D eigenvalue weighted by molar-refractivity contribution is -0.137. The molecule has 0 radical (unpaired) electrons. The Bertz CT molecular complexity index is 1750. The first kappa shape index (κ1) is 27.7. The van der Waals surface area contributed by atoms with Crippen LogP contribution in [0.1, 0.15) is 90.7 Å². The Balaban J connectivity index is 1.10. The second-order valence-electron chi connectivity index (χ2n) is 12.2. The first-order chi connectivity index (χ1) is 20.5. The average molecular weight is 595 g/mol. The molecule has 1 atom stereocenters. The van der Waals surface area contributed by atoms with E-state index < -0.39 is 23.9 Å². The second-order valence-corrected chi connectivity index (χ2v) is 12.2. The molecule has 11 heteroatoms. The fraction of sp³-hybridized carbons (Fsp3) is 0.406. The SMILES string of the molecule is CC(F)c1nc(C(=O)O)c2ccc(N3CCC4(CC3)CC(=Cc3c(-c5ccccc5C(F)(F)F)noc3C3CC3)C4)cn12. The van der Waals surface area contributed by atoms with Gasteiger partial charge < -0.3 is 14.5 Å². The number of halogens is 4. The highest BCUT2D eigenvalue weighted by Crippen LogP contribution is 2.54. The van der Waals surface area contributed by atoms with Gasteiger partial charge in [-0.25, -0.2) is 14.2 Å². The first-order valence-corrected chi connectivity index (χ1v) is 14.5. The number of alkyl halides is 4. The highest BCUT2D eigenvalue weighted by molar-refractivity contribution is 5.94. The van der Waals surface area contributed by atoms with Crippen LogP contribution in [0.5, 0.6) is 0 Å². The van der Waals surface area contributed by atoms with Crippen molar-refractivity contribution in [2.24, 2.45) is 5.41 Å². The van der Waals surface area contributed by atoms with Crippen LogP contribution in [0.4, 0.5) is 23.2 Å². The van der Waals surface area contributed by atoms with Crippen LogP contribution >= 0.6 is 0 Å². The summed E-state index contributed by atoms with van der Waals surface area (Å²) >= 11 is 0. The Hall–Kier alpha value is -4.15. The molecule has 7 rings (SSSR count). The number of carbonyl (C=O) groups is 1. The summed E-state index contributed by atoms with van der Waals surface area (Å²) in [4.78, 5) is 17.8. The first-order valence-electron chi connectivity index (χ1n) is 14.5. The third-order valence-corrected chi connectivity index (χ3v) is 9.14. The number of rotatable bonds is 6. The minimum Gasteiger partial charge on any atom is -0.476 e. The number of hydrogen-bond donors (Lipinski definition) is 1. The average Bonchev–Trinajstić information content (AvgIpc) is 3.59. The van der Waals surface area contributed by atoms with Crippen LogP contribution in [0.25, 0.3) is 22.9 Å². The normalized spacial score (nSPS) is 19.1. The van der Waals surface area contributed by atoms with E-state index in [2.05, 4.69) is 15.0 Å². The van der Waals surface area contributed by atoms with Gasteiger partial charge in [0.15, 0.2) is 11.9 Å². The second kappa shape index (κ2) is 9.96. The topological polar surface area (TPSA) is 83.9 Å². The number of allylic oxidation sites excluding steroid dienone is 1. The van der Waals surface area contributed by atoms with Crippen molar-refractivity contribution < 1.29 is 32.0 Å². The van der Waals surface area contributed by atoms with E-state index in [0.29, 0.717) is 16.8 Å². The maximum Gasteiger partial charge on any atom is 0.417 e. The van der Waals surface area contributed by atoms with Gasteiger partial charge in [-0.15, -0.1) is 0 Å². The highest BCUT2D eigenvalue weighted by Gasteiger charge is 2.44. The third-order valence-electron chi connectivity index (χ3n) is 9.14. The van der Waals surface area contributed by atoms with Crippen molar-refractivity contribution in [3.63, 3.8) is 0 Å². The van der Waals surface area contributed by atoms with Crippen molar-refractivity contribution in [3.05, 3.63) is 76.6 Å². The van der Waals surface area contributed by atoms with Gasteiger partial charge in [-0.1, -0.05) is 28.9 Å². The fourth-order valence-corrected chi connectivity index (χ4v) is 6.75. The molecule has 4 heterocycles. The lowest BCUT2D eigenvalue weighted by Crippen LogP contribution is -2.44. The van der Waals surface area contributed by atoms with Crippen LogP contribution in [0.3, 0.4) is 0 Å². The summed E-state index contributed by atoms with van der Waals surface area (Å²) in [6.45, 7) is 2.90. The summed E-state index contributed by atoms with van der Waals surface area (Å²) in [7, 11) is 0. The van der Waals surface area contributed by atoms with Crippen molar-refractivity contribution >= 4 is 23.2 Å². The maximum absolute atomic E-state index is 14.3. The van der Waals surface area contributed by atoms with Crippen LogP contribution in [0.2, 0.25) is 0 Å². The number of carboxylic acid groups (broad SMARTS) is 1. The van der Waals surface area contributed by atoms with E-state index in [9.17, 15) is 27.5 Å². The summed E-state index contributed by atoms with van der Waals surface area (Å²) in [5.41, 5.74) is 2.62. The molecule has 1 unspecified atom stereocenters. The number of fused-ring (bicyclic) bond motifs is 1. The number of aromatic carboxylic acids is 1. The molecule has 1 spiro atoms. The molecule has 2 aliphatic carbocycles. The number of benzene rings is 1. The number of pyridine rings is 1. The lowest BCUT2D eigenvalue weighted by Gasteiger charge is -2.50. The molecule has 224 valence electrons. The molecular formula is C32H30F4N4O3. The zero-order valence-corrected chi connectivity index (χ0v) is 23.5. The van der Waals surface area contributed by atoms with E-state index in [1.54, 1.807) is 18.3 Å². The van der Waals surface area contributed by atoms with Crippen LogP contribution in [0, 0.1) is 5.41 Å². The van der Waals surface area contributed by atoms with Crippen LogP contribution < -0.4 is 4.90 Å². The summed E-state index contributed by atoms with van der Waals surface area (Å²) < 4.78 is 62.9. The van der Waals surface area contributed by atoms with Gasteiger partial charge in [-0.05, 0) is 75.1 Å². The highest BCUT2D eigenvalue weighted by atomic mass is 19.4. The van der Waals surface area contributed by atoms with Crippen molar-refractivity contribution in [2.75, 3.05) is 18.0 Å². The van der Waals surface area contributed by atoms with Gasteiger partial charge >= 0.3 is 12.1 Å². The number of anilines is 1. The quantitative estimate of drug-likeness (QED) is 0.227. The predicted molar refractivity (Wildman–Crippen MR) is 152 cm³/mol. The molecule has 1 N–H and O–H groups in total. The van der Waals surface area contributed by atoms with Gasteiger partial charge in [0, 0.05) is 36.3 Å². The van der Waals surface area contributed by atoms with Gasteiger partial charge in [-0.2, -0.15) is 13.2 Å².